The van der Waals surface area contributed by atoms with Crippen LogP contribution in [0.5, 0.6) is 0 Å². The molecule has 0 aliphatic heterocycles. The van der Waals surface area contributed by atoms with E-state index in [1.807, 2.05) is 12.4 Å². The summed E-state index contributed by atoms with van der Waals surface area (Å²) in [6.07, 6.45) is 3.76. The molecule has 1 nitrogen and oxygen atoms in total. The third-order valence-corrected chi connectivity index (χ3v) is 4.70. The Morgan fingerprint density at radius 1 is 0.542 bits per heavy atom. The first-order chi connectivity index (χ1) is 11.9. The summed E-state index contributed by atoms with van der Waals surface area (Å²) in [5, 5.41) is 7.53. The summed E-state index contributed by atoms with van der Waals surface area (Å²) in [6.45, 7) is 0. The zero-order valence-electron chi connectivity index (χ0n) is 13.1. The number of benzene rings is 4. The van der Waals surface area contributed by atoms with E-state index in [-0.39, 0.29) is 0 Å². The molecule has 0 atom stereocenters. The minimum Gasteiger partial charge on any atom is -0.264 e. The minimum absolute atomic E-state index is 1.17. The number of hydrogen-bond acceptors (Lipinski definition) is 1. The molecule has 0 bridgehead atoms. The van der Waals surface area contributed by atoms with E-state index < -0.39 is 0 Å². The maximum atomic E-state index is 4.20. The topological polar surface area (TPSA) is 12.9 Å². The molecule has 0 aliphatic rings. The zero-order chi connectivity index (χ0) is 15.9. The third-order valence-electron chi connectivity index (χ3n) is 4.70. The lowest BCUT2D eigenvalue weighted by atomic mass is 9.94. The molecule has 5 aromatic rings. The lowest BCUT2D eigenvalue weighted by Crippen LogP contribution is -1.84. The van der Waals surface area contributed by atoms with Crippen molar-refractivity contribution in [3.8, 4) is 11.1 Å². The number of pyridine rings is 1. The maximum Gasteiger partial charge on any atom is 0.0346 e. The highest BCUT2D eigenvalue weighted by molar-refractivity contribution is 6.05. The molecule has 0 saturated carbocycles. The molecule has 4 aromatic carbocycles. The average Bonchev–Trinajstić information content (AvgIpc) is 2.65. The van der Waals surface area contributed by atoms with Crippen LogP contribution in [0.25, 0.3) is 43.4 Å². The largest absolute Gasteiger partial charge is 0.264 e. The van der Waals surface area contributed by atoms with Crippen LogP contribution in [0.1, 0.15) is 0 Å². The van der Waals surface area contributed by atoms with Gasteiger partial charge in [-0.05, 0) is 62.3 Å². The number of hydrogen-bond donors (Lipinski definition) is 0. The van der Waals surface area contributed by atoms with E-state index in [0.717, 1.165) is 0 Å². The molecule has 0 unspecified atom stereocenters. The van der Waals surface area contributed by atoms with Crippen LogP contribution in [0.4, 0.5) is 0 Å². The summed E-state index contributed by atoms with van der Waals surface area (Å²) in [4.78, 5) is 4.20. The van der Waals surface area contributed by atoms with E-state index in [4.69, 9.17) is 0 Å². The van der Waals surface area contributed by atoms with E-state index in [1.54, 1.807) is 0 Å². The second-order valence-corrected chi connectivity index (χ2v) is 6.16. The van der Waals surface area contributed by atoms with Crippen LogP contribution in [-0.2, 0) is 0 Å². The van der Waals surface area contributed by atoms with E-state index in [0.29, 0.717) is 0 Å². The second-order valence-electron chi connectivity index (χ2n) is 6.16. The first-order valence-corrected chi connectivity index (χ1v) is 8.14. The molecule has 0 amide bonds. The molecule has 24 heavy (non-hydrogen) atoms. The van der Waals surface area contributed by atoms with Crippen molar-refractivity contribution in [3.63, 3.8) is 0 Å². The standard InChI is InChI=1S/C23H15N/c1-2-5-17-14-23-19(12-16(17)4-1)6-3-7-22(23)20-8-9-21-15-24-11-10-18(21)13-20/h1-15H. The summed E-state index contributed by atoms with van der Waals surface area (Å²) >= 11 is 0. The smallest absolute Gasteiger partial charge is 0.0346 e. The van der Waals surface area contributed by atoms with Gasteiger partial charge in [0, 0.05) is 17.8 Å². The van der Waals surface area contributed by atoms with Crippen molar-refractivity contribution in [2.75, 3.05) is 0 Å². The van der Waals surface area contributed by atoms with Gasteiger partial charge in [0.05, 0.1) is 0 Å². The van der Waals surface area contributed by atoms with Crippen LogP contribution < -0.4 is 0 Å². The van der Waals surface area contributed by atoms with Crippen molar-refractivity contribution >= 4 is 32.3 Å². The van der Waals surface area contributed by atoms with E-state index in [9.17, 15) is 0 Å². The van der Waals surface area contributed by atoms with Gasteiger partial charge in [-0.25, -0.2) is 0 Å². The Labute approximate surface area is 140 Å². The fourth-order valence-corrected chi connectivity index (χ4v) is 3.47. The maximum absolute atomic E-state index is 4.20. The van der Waals surface area contributed by atoms with Gasteiger partial charge in [-0.2, -0.15) is 0 Å². The molecular weight excluding hydrogens is 290 g/mol. The molecule has 0 N–H and O–H groups in total. The van der Waals surface area contributed by atoms with Crippen molar-refractivity contribution in [1.82, 2.24) is 4.98 Å². The van der Waals surface area contributed by atoms with Crippen molar-refractivity contribution in [2.45, 2.75) is 0 Å². The van der Waals surface area contributed by atoms with Gasteiger partial charge in [0.1, 0.15) is 0 Å². The lowest BCUT2D eigenvalue weighted by molar-refractivity contribution is 1.36. The predicted octanol–water partition coefficient (Wildman–Crippen LogP) is 6.21. The van der Waals surface area contributed by atoms with Crippen LogP contribution in [0.3, 0.4) is 0 Å². The number of fused-ring (bicyclic) bond motifs is 3. The van der Waals surface area contributed by atoms with Gasteiger partial charge in [0.25, 0.3) is 0 Å². The zero-order valence-corrected chi connectivity index (χ0v) is 13.1. The van der Waals surface area contributed by atoms with Crippen LogP contribution in [0.15, 0.2) is 91.3 Å². The normalized spacial score (nSPS) is 11.3. The third kappa shape index (κ3) is 2.06. The van der Waals surface area contributed by atoms with Gasteiger partial charge >= 0.3 is 0 Å². The summed E-state index contributed by atoms with van der Waals surface area (Å²) < 4.78 is 0. The van der Waals surface area contributed by atoms with Gasteiger partial charge < -0.3 is 0 Å². The molecule has 0 spiro atoms. The number of aromatic nitrogens is 1. The van der Waals surface area contributed by atoms with Crippen LogP contribution >= 0.6 is 0 Å². The van der Waals surface area contributed by atoms with Gasteiger partial charge in [-0.15, -0.1) is 0 Å². The van der Waals surface area contributed by atoms with Crippen LogP contribution in [0, 0.1) is 0 Å². The first kappa shape index (κ1) is 13.3. The van der Waals surface area contributed by atoms with Crippen molar-refractivity contribution < 1.29 is 0 Å². The highest BCUT2D eigenvalue weighted by Gasteiger charge is 2.06. The highest BCUT2D eigenvalue weighted by atomic mass is 14.6. The average molecular weight is 305 g/mol. The van der Waals surface area contributed by atoms with Gasteiger partial charge in [-0.3, -0.25) is 4.98 Å². The van der Waals surface area contributed by atoms with Crippen molar-refractivity contribution in [3.05, 3.63) is 91.3 Å². The molecule has 0 aliphatic carbocycles. The SMILES string of the molecule is c1ccc2cc3c(-c4ccc5cnccc5c4)cccc3cc2c1. The first-order valence-electron chi connectivity index (χ1n) is 8.14. The van der Waals surface area contributed by atoms with Crippen molar-refractivity contribution in [2.24, 2.45) is 0 Å². The number of rotatable bonds is 1. The Morgan fingerprint density at radius 3 is 2.25 bits per heavy atom. The monoisotopic (exact) mass is 305 g/mol. The molecule has 112 valence electrons. The predicted molar refractivity (Wildman–Crippen MR) is 102 cm³/mol. The van der Waals surface area contributed by atoms with Crippen LogP contribution in [-0.4, -0.2) is 4.98 Å². The highest BCUT2D eigenvalue weighted by Crippen LogP contribution is 2.33. The Morgan fingerprint density at radius 2 is 1.33 bits per heavy atom. The molecule has 0 fully saturated rings. The van der Waals surface area contributed by atoms with Gasteiger partial charge in [0.15, 0.2) is 0 Å². The Balaban J connectivity index is 1.82. The minimum atomic E-state index is 1.17. The fraction of sp³-hybridized carbons (Fsp3) is 0. The molecule has 1 aromatic heterocycles. The van der Waals surface area contributed by atoms with Crippen molar-refractivity contribution in [1.29, 1.82) is 0 Å². The molecule has 0 saturated heterocycles. The molecule has 5 rings (SSSR count). The summed E-state index contributed by atoms with van der Waals surface area (Å²) in [5.41, 5.74) is 2.52. The number of nitrogens with zero attached hydrogens (tertiary/aromatic N) is 1. The van der Waals surface area contributed by atoms with E-state index in [2.05, 4.69) is 83.8 Å². The summed E-state index contributed by atoms with van der Waals surface area (Å²) in [7, 11) is 0. The molecule has 1 heterocycles. The summed E-state index contributed by atoms with van der Waals surface area (Å²) in [6, 6.07) is 28.3. The molecule has 1 heteroatoms. The van der Waals surface area contributed by atoms with Crippen LogP contribution in [0.2, 0.25) is 0 Å². The molecule has 0 radical (unpaired) electrons. The molecular formula is C23H15N. The Kier molecular flexibility index (Phi) is 2.86. The van der Waals surface area contributed by atoms with E-state index in [1.165, 1.54) is 43.4 Å². The summed E-state index contributed by atoms with van der Waals surface area (Å²) in [5.74, 6) is 0. The second kappa shape index (κ2) is 5.17. The Hall–Kier alpha value is -3.19. The lowest BCUT2D eigenvalue weighted by Gasteiger charge is -2.10. The Bertz CT molecular complexity index is 1200. The van der Waals surface area contributed by atoms with Gasteiger partial charge in [-0.1, -0.05) is 54.6 Å². The van der Waals surface area contributed by atoms with Gasteiger partial charge in [0.2, 0.25) is 0 Å². The van der Waals surface area contributed by atoms with E-state index >= 15 is 0 Å². The fourth-order valence-electron chi connectivity index (χ4n) is 3.47. The quantitative estimate of drug-likeness (QED) is 0.336.